The quantitative estimate of drug-likeness (QED) is 0.794. The maximum Gasteiger partial charge on any atom is 0.247 e. The molecule has 0 spiro atoms. The Morgan fingerprint density at radius 1 is 1.56 bits per heavy atom. The first-order valence-corrected chi connectivity index (χ1v) is 5.68. The number of amides is 1. The molecule has 0 fully saturated rings. The predicted octanol–water partition coefficient (Wildman–Crippen LogP) is 2.05. The van der Waals surface area contributed by atoms with Crippen LogP contribution in [0, 0.1) is 0 Å². The average molecular weight is 241 g/mol. The molecule has 1 aliphatic heterocycles. The van der Waals surface area contributed by atoms with Gasteiger partial charge in [-0.2, -0.15) is 4.98 Å². The van der Waals surface area contributed by atoms with Crippen molar-refractivity contribution in [3.63, 3.8) is 0 Å². The van der Waals surface area contributed by atoms with Crippen LogP contribution >= 0.6 is 11.6 Å². The zero-order valence-corrected chi connectivity index (χ0v) is 9.71. The summed E-state index contributed by atoms with van der Waals surface area (Å²) in [5, 5.41) is 6.01. The average Bonchev–Trinajstić information content (AvgIpc) is 2.27. The summed E-state index contributed by atoms with van der Waals surface area (Å²) in [5.41, 5.74) is 0.585. The van der Waals surface area contributed by atoms with E-state index in [1.54, 1.807) is 0 Å². The third-order valence-electron chi connectivity index (χ3n) is 2.49. The number of anilines is 2. The molecule has 2 heterocycles. The highest BCUT2D eigenvalue weighted by molar-refractivity contribution is 6.28. The Kier molecular flexibility index (Phi) is 3.24. The van der Waals surface area contributed by atoms with Crippen LogP contribution in [0.3, 0.4) is 0 Å². The summed E-state index contributed by atoms with van der Waals surface area (Å²) in [6, 6.07) is -0.224. The largest absolute Gasteiger partial charge is 0.356 e. The standard InChI is InChI=1S/C10H13ClN4O/c1-2-3-4-6-9(16)14-7-5-12-10(11)15-8(7)13-6/h5-6H,2-4H2,1H3,(H,14,16)(H,12,13,15). The van der Waals surface area contributed by atoms with Gasteiger partial charge >= 0.3 is 0 Å². The van der Waals surface area contributed by atoms with E-state index in [9.17, 15) is 4.79 Å². The minimum atomic E-state index is -0.224. The molecule has 2 rings (SSSR count). The van der Waals surface area contributed by atoms with Gasteiger partial charge in [0.2, 0.25) is 11.2 Å². The molecule has 1 aromatic rings. The zero-order chi connectivity index (χ0) is 11.5. The minimum Gasteiger partial charge on any atom is -0.356 e. The molecule has 1 amide bonds. The normalized spacial score (nSPS) is 18.6. The number of carbonyl (C=O) groups is 1. The smallest absolute Gasteiger partial charge is 0.247 e. The number of aromatic nitrogens is 2. The molecule has 0 aliphatic carbocycles. The van der Waals surface area contributed by atoms with Crippen molar-refractivity contribution in [2.45, 2.75) is 32.2 Å². The summed E-state index contributed by atoms with van der Waals surface area (Å²) in [4.78, 5) is 19.5. The van der Waals surface area contributed by atoms with Crippen molar-refractivity contribution in [3.8, 4) is 0 Å². The van der Waals surface area contributed by atoms with E-state index in [4.69, 9.17) is 11.6 Å². The van der Waals surface area contributed by atoms with Crippen LogP contribution < -0.4 is 10.6 Å². The number of hydrogen-bond acceptors (Lipinski definition) is 4. The van der Waals surface area contributed by atoms with E-state index in [0.717, 1.165) is 19.3 Å². The lowest BCUT2D eigenvalue weighted by Crippen LogP contribution is -2.39. The van der Waals surface area contributed by atoms with E-state index in [-0.39, 0.29) is 17.2 Å². The van der Waals surface area contributed by atoms with Crippen LogP contribution in [-0.2, 0) is 4.79 Å². The molecular weight excluding hydrogens is 228 g/mol. The molecule has 0 aromatic carbocycles. The van der Waals surface area contributed by atoms with Crippen LogP contribution in [0.25, 0.3) is 0 Å². The lowest BCUT2D eigenvalue weighted by Gasteiger charge is -2.25. The van der Waals surface area contributed by atoms with Crippen molar-refractivity contribution in [2.24, 2.45) is 0 Å². The molecule has 0 saturated heterocycles. The van der Waals surface area contributed by atoms with E-state index in [1.165, 1.54) is 6.20 Å². The number of nitrogens with one attached hydrogen (secondary N) is 2. The third kappa shape index (κ3) is 2.24. The molecule has 0 radical (unpaired) electrons. The molecule has 2 N–H and O–H groups in total. The van der Waals surface area contributed by atoms with Crippen molar-refractivity contribution in [1.82, 2.24) is 9.97 Å². The van der Waals surface area contributed by atoms with Crippen molar-refractivity contribution < 1.29 is 4.79 Å². The Morgan fingerprint density at radius 2 is 2.38 bits per heavy atom. The fourth-order valence-electron chi connectivity index (χ4n) is 1.62. The van der Waals surface area contributed by atoms with Crippen LogP contribution in [0.2, 0.25) is 5.28 Å². The minimum absolute atomic E-state index is 0.0353. The van der Waals surface area contributed by atoms with Crippen molar-refractivity contribution in [1.29, 1.82) is 0 Å². The Hall–Kier alpha value is -1.36. The van der Waals surface area contributed by atoms with Gasteiger partial charge in [0, 0.05) is 0 Å². The first kappa shape index (κ1) is 11.1. The van der Waals surface area contributed by atoms with E-state index in [0.29, 0.717) is 11.5 Å². The summed E-state index contributed by atoms with van der Waals surface area (Å²) in [6.07, 6.45) is 4.36. The van der Waals surface area contributed by atoms with Crippen LogP contribution in [0.1, 0.15) is 26.2 Å². The van der Waals surface area contributed by atoms with Gasteiger partial charge in [0.1, 0.15) is 11.7 Å². The van der Waals surface area contributed by atoms with Gasteiger partial charge in [0.05, 0.1) is 6.20 Å². The second kappa shape index (κ2) is 4.65. The van der Waals surface area contributed by atoms with Crippen molar-refractivity contribution >= 4 is 29.0 Å². The number of unbranched alkanes of at least 4 members (excludes halogenated alkanes) is 1. The second-order valence-corrected chi connectivity index (χ2v) is 4.07. The lowest BCUT2D eigenvalue weighted by atomic mass is 10.1. The van der Waals surface area contributed by atoms with Gasteiger partial charge < -0.3 is 10.6 Å². The van der Waals surface area contributed by atoms with Crippen LogP contribution in [-0.4, -0.2) is 21.9 Å². The third-order valence-corrected chi connectivity index (χ3v) is 2.67. The van der Waals surface area contributed by atoms with E-state index in [2.05, 4.69) is 27.5 Å². The molecule has 1 aromatic heterocycles. The number of hydrogen-bond donors (Lipinski definition) is 2. The highest BCUT2D eigenvalue weighted by Gasteiger charge is 2.25. The Bertz CT molecular complexity index is 410. The molecule has 16 heavy (non-hydrogen) atoms. The van der Waals surface area contributed by atoms with Crippen LogP contribution in [0.15, 0.2) is 6.20 Å². The van der Waals surface area contributed by atoms with Crippen molar-refractivity contribution in [2.75, 3.05) is 10.6 Å². The maximum atomic E-state index is 11.7. The highest BCUT2D eigenvalue weighted by Crippen LogP contribution is 2.25. The number of fused-ring (bicyclic) bond motifs is 1. The Labute approximate surface area is 98.6 Å². The molecular formula is C10H13ClN4O. The number of rotatable bonds is 3. The first-order chi connectivity index (χ1) is 7.70. The van der Waals surface area contributed by atoms with Crippen molar-refractivity contribution in [3.05, 3.63) is 11.5 Å². The van der Waals surface area contributed by atoms with Gasteiger partial charge in [-0.15, -0.1) is 0 Å². The van der Waals surface area contributed by atoms with Gasteiger partial charge in [-0.1, -0.05) is 19.8 Å². The number of nitrogens with zero attached hydrogens (tertiary/aromatic N) is 2. The summed E-state index contributed by atoms with van der Waals surface area (Å²) < 4.78 is 0. The molecule has 5 nitrogen and oxygen atoms in total. The molecule has 0 saturated carbocycles. The van der Waals surface area contributed by atoms with Gasteiger partial charge in [-0.25, -0.2) is 4.98 Å². The summed E-state index contributed by atoms with van der Waals surface area (Å²) in [5.74, 6) is 0.563. The summed E-state index contributed by atoms with van der Waals surface area (Å²) in [6.45, 7) is 2.09. The molecule has 0 bridgehead atoms. The molecule has 1 unspecified atom stereocenters. The second-order valence-electron chi connectivity index (χ2n) is 3.73. The fraction of sp³-hybridized carbons (Fsp3) is 0.500. The Morgan fingerprint density at radius 3 is 3.12 bits per heavy atom. The van der Waals surface area contributed by atoms with Gasteiger partial charge in [-0.3, -0.25) is 4.79 Å². The molecule has 1 atom stereocenters. The van der Waals surface area contributed by atoms with Crippen LogP contribution in [0.4, 0.5) is 11.5 Å². The fourth-order valence-corrected chi connectivity index (χ4v) is 1.76. The first-order valence-electron chi connectivity index (χ1n) is 5.30. The van der Waals surface area contributed by atoms with E-state index >= 15 is 0 Å². The maximum absolute atomic E-state index is 11.7. The summed E-state index contributed by atoms with van der Waals surface area (Å²) in [7, 11) is 0. The lowest BCUT2D eigenvalue weighted by molar-refractivity contribution is -0.117. The number of halogens is 1. The number of carbonyl (C=O) groups excluding carboxylic acids is 1. The van der Waals surface area contributed by atoms with Crippen LogP contribution in [0.5, 0.6) is 0 Å². The van der Waals surface area contributed by atoms with Gasteiger partial charge in [0.25, 0.3) is 0 Å². The van der Waals surface area contributed by atoms with E-state index in [1.807, 2.05) is 0 Å². The monoisotopic (exact) mass is 240 g/mol. The predicted molar refractivity (Wildman–Crippen MR) is 62.6 cm³/mol. The molecule has 6 heteroatoms. The summed E-state index contributed by atoms with van der Waals surface area (Å²) >= 11 is 5.69. The highest BCUT2D eigenvalue weighted by atomic mass is 35.5. The molecule has 86 valence electrons. The topological polar surface area (TPSA) is 66.9 Å². The van der Waals surface area contributed by atoms with Gasteiger partial charge in [0.15, 0.2) is 5.82 Å². The molecule has 1 aliphatic rings. The van der Waals surface area contributed by atoms with Gasteiger partial charge in [-0.05, 0) is 18.0 Å². The van der Waals surface area contributed by atoms with E-state index < -0.39 is 0 Å². The Balaban J connectivity index is 2.16. The zero-order valence-electron chi connectivity index (χ0n) is 8.96. The SMILES string of the molecule is CCCCC1Nc2nc(Cl)ncc2NC1=O.